The van der Waals surface area contributed by atoms with Crippen molar-refractivity contribution in [3.8, 4) is 11.1 Å². The number of amides is 2. The molecule has 6 rings (SSSR count). The highest BCUT2D eigenvalue weighted by atomic mass is 35.5. The molecule has 2 aromatic carbocycles. The van der Waals surface area contributed by atoms with Gasteiger partial charge >= 0.3 is 5.97 Å². The highest BCUT2D eigenvalue weighted by molar-refractivity contribution is 6.40. The Bertz CT molecular complexity index is 1850. The summed E-state index contributed by atoms with van der Waals surface area (Å²) in [6.45, 7) is 3.12. The highest BCUT2D eigenvalue weighted by Crippen LogP contribution is 2.41. The van der Waals surface area contributed by atoms with Crippen LogP contribution in [-0.2, 0) is 22.6 Å². The Hall–Kier alpha value is -4.33. The molecule has 4 aromatic rings. The molecule has 4 N–H and O–H groups in total. The largest absolute Gasteiger partial charge is 0.469 e. The second kappa shape index (κ2) is 15.5. The Labute approximate surface area is 293 Å². The van der Waals surface area contributed by atoms with Gasteiger partial charge in [-0.25, -0.2) is 0 Å². The van der Waals surface area contributed by atoms with Gasteiger partial charge in [0.25, 0.3) is 11.8 Å². The van der Waals surface area contributed by atoms with Crippen LogP contribution in [0, 0.1) is 5.92 Å². The van der Waals surface area contributed by atoms with Gasteiger partial charge in [-0.1, -0.05) is 53.5 Å². The Morgan fingerprint density at radius 3 is 2.27 bits per heavy atom. The van der Waals surface area contributed by atoms with Crippen LogP contribution in [0.1, 0.15) is 57.5 Å². The number of aliphatic hydroxyl groups is 1. The summed E-state index contributed by atoms with van der Waals surface area (Å²) < 4.78 is 6.84. The van der Waals surface area contributed by atoms with Gasteiger partial charge in [0.05, 0.1) is 52.8 Å². The number of hydrogen-bond donors (Lipinski definition) is 4. The third-order valence-corrected chi connectivity index (χ3v) is 9.70. The summed E-state index contributed by atoms with van der Waals surface area (Å²) in [5.74, 6) is -1.17. The number of aromatic nitrogens is 3. The van der Waals surface area contributed by atoms with Crippen molar-refractivity contribution in [1.82, 2.24) is 25.0 Å². The number of ether oxygens (including phenoxy) is 1. The molecule has 2 aliphatic heterocycles. The zero-order valence-electron chi connectivity index (χ0n) is 26.9. The maximum absolute atomic E-state index is 13.5. The Kier molecular flexibility index (Phi) is 10.9. The molecule has 256 valence electrons. The quantitative estimate of drug-likeness (QED) is 0.122. The molecule has 2 amide bonds. The molecular weight excluding hydrogens is 669 g/mol. The predicted octanol–water partition coefficient (Wildman–Crippen LogP) is 5.17. The topological polar surface area (TPSA) is 151 Å². The predicted molar refractivity (Wildman–Crippen MR) is 187 cm³/mol. The Morgan fingerprint density at radius 1 is 0.939 bits per heavy atom. The van der Waals surface area contributed by atoms with E-state index in [2.05, 4.69) is 30.9 Å². The van der Waals surface area contributed by atoms with Gasteiger partial charge in [0.1, 0.15) is 5.69 Å². The lowest BCUT2D eigenvalue weighted by atomic mass is 10.0. The number of carbonyl (C=O) groups is 3. The van der Waals surface area contributed by atoms with E-state index < -0.39 is 11.8 Å². The summed E-state index contributed by atoms with van der Waals surface area (Å²) >= 11 is 13.7. The number of pyridine rings is 1. The molecule has 14 heteroatoms. The number of benzene rings is 2. The first kappa shape index (κ1) is 34.5. The molecule has 0 saturated carbocycles. The van der Waals surface area contributed by atoms with E-state index in [1.807, 2.05) is 10.7 Å². The molecule has 12 nitrogen and oxygen atoms in total. The first-order chi connectivity index (χ1) is 23.8. The smallest absolute Gasteiger partial charge is 0.310 e. The van der Waals surface area contributed by atoms with E-state index in [1.54, 1.807) is 54.7 Å². The van der Waals surface area contributed by atoms with Crippen LogP contribution in [0.4, 0.5) is 11.4 Å². The van der Waals surface area contributed by atoms with Gasteiger partial charge in [-0.3, -0.25) is 28.9 Å². The molecule has 4 heterocycles. The number of methoxy groups -OCH3 is 1. The standard InChI is InChI=1S/C35H37Cl2N7O5/c1-49-35(48)22-12-15-43(20-22)29-9-4-14-44-30(29)17-28(42-44)34(47)41-26-8-3-6-24(32(26)37)23-5-2-7-25(31(23)36)40-33(46)27-11-10-21(19-39-27)18-38-13-16-45/h2-3,5-8,10-11,17,19,22,29,38,45H,4,9,12-16,18,20H2,1H3,(H,40,46)(H,41,47)/t22-,29-/m1/s1. The maximum atomic E-state index is 13.5. The fourth-order valence-electron chi connectivity index (χ4n) is 6.39. The molecule has 1 fully saturated rings. The zero-order valence-corrected chi connectivity index (χ0v) is 28.4. The highest BCUT2D eigenvalue weighted by Gasteiger charge is 2.36. The second-order valence-corrected chi connectivity index (χ2v) is 12.8. The molecule has 0 radical (unpaired) electrons. The van der Waals surface area contributed by atoms with Gasteiger partial charge in [-0.05, 0) is 55.6 Å². The second-order valence-electron chi connectivity index (χ2n) is 12.0. The number of halogens is 2. The minimum Gasteiger partial charge on any atom is -0.469 e. The van der Waals surface area contributed by atoms with Crippen LogP contribution in [0.2, 0.25) is 10.0 Å². The average molecular weight is 707 g/mol. The van der Waals surface area contributed by atoms with Crippen LogP contribution >= 0.6 is 23.2 Å². The number of rotatable bonds is 11. The van der Waals surface area contributed by atoms with Crippen LogP contribution in [0.15, 0.2) is 60.8 Å². The van der Waals surface area contributed by atoms with Crippen molar-refractivity contribution in [3.05, 3.63) is 93.5 Å². The number of hydrogen-bond acceptors (Lipinski definition) is 9. The van der Waals surface area contributed by atoms with E-state index in [0.717, 1.165) is 37.1 Å². The lowest BCUT2D eigenvalue weighted by Crippen LogP contribution is -2.32. The number of carbonyl (C=O) groups excluding carboxylic acids is 3. The molecule has 0 unspecified atom stereocenters. The van der Waals surface area contributed by atoms with Crippen molar-refractivity contribution in [2.75, 3.05) is 44.0 Å². The van der Waals surface area contributed by atoms with Crippen molar-refractivity contribution in [2.45, 2.75) is 38.4 Å². The fraction of sp³-hybridized carbons (Fsp3) is 0.343. The van der Waals surface area contributed by atoms with Gasteiger partial charge in [0.2, 0.25) is 0 Å². The van der Waals surface area contributed by atoms with Crippen molar-refractivity contribution < 1.29 is 24.2 Å². The van der Waals surface area contributed by atoms with Crippen LogP contribution in [-0.4, -0.2) is 75.9 Å². The fourth-order valence-corrected chi connectivity index (χ4v) is 6.94. The van der Waals surface area contributed by atoms with E-state index in [0.29, 0.717) is 48.7 Å². The SMILES string of the molecule is COC(=O)[C@@H]1CCN([C@@H]2CCCn3nc(C(=O)Nc4cccc(-c5cccc(NC(=O)c6ccc(CNCCO)cn6)c5Cl)c4Cl)cc32)C1. The van der Waals surface area contributed by atoms with Crippen molar-refractivity contribution in [1.29, 1.82) is 0 Å². The normalized spacial score (nSPS) is 17.4. The summed E-state index contributed by atoms with van der Waals surface area (Å²) in [6, 6.07) is 15.8. The molecule has 2 aliphatic rings. The van der Waals surface area contributed by atoms with Crippen LogP contribution in [0.3, 0.4) is 0 Å². The summed E-state index contributed by atoms with van der Waals surface area (Å²) in [5, 5.41) is 22.9. The van der Waals surface area contributed by atoms with Crippen molar-refractivity contribution >= 4 is 52.4 Å². The molecule has 1 saturated heterocycles. The summed E-state index contributed by atoms with van der Waals surface area (Å²) in [4.78, 5) is 45.1. The van der Waals surface area contributed by atoms with Gasteiger partial charge in [-0.15, -0.1) is 0 Å². The number of aliphatic hydroxyl groups excluding tert-OH is 1. The molecule has 2 atom stereocenters. The summed E-state index contributed by atoms with van der Waals surface area (Å²) in [6.07, 6.45) is 4.18. The van der Waals surface area contributed by atoms with Gasteiger partial charge < -0.3 is 25.8 Å². The number of likely N-dealkylation sites (tertiary alicyclic amines) is 1. The maximum Gasteiger partial charge on any atom is 0.310 e. The van der Waals surface area contributed by atoms with Crippen molar-refractivity contribution in [2.24, 2.45) is 5.92 Å². The molecule has 49 heavy (non-hydrogen) atoms. The number of anilines is 2. The van der Waals surface area contributed by atoms with E-state index in [4.69, 9.17) is 33.0 Å². The van der Waals surface area contributed by atoms with Gasteiger partial charge in [-0.2, -0.15) is 5.10 Å². The Balaban J connectivity index is 1.16. The minimum absolute atomic E-state index is 0.0350. The van der Waals surface area contributed by atoms with Crippen LogP contribution in [0.5, 0.6) is 0 Å². The van der Waals surface area contributed by atoms with Gasteiger partial charge in [0.15, 0.2) is 5.69 Å². The minimum atomic E-state index is -0.431. The first-order valence-corrected chi connectivity index (χ1v) is 16.9. The molecule has 0 bridgehead atoms. The summed E-state index contributed by atoms with van der Waals surface area (Å²) in [7, 11) is 1.42. The van der Waals surface area contributed by atoms with Gasteiger partial charge in [0, 0.05) is 43.5 Å². The monoisotopic (exact) mass is 705 g/mol. The molecule has 0 aliphatic carbocycles. The lowest BCUT2D eigenvalue weighted by Gasteiger charge is -2.31. The van der Waals surface area contributed by atoms with E-state index in [1.165, 1.54) is 7.11 Å². The lowest BCUT2D eigenvalue weighted by molar-refractivity contribution is -0.145. The molecule has 0 spiro atoms. The van der Waals surface area contributed by atoms with E-state index in [-0.39, 0.29) is 46.0 Å². The number of nitrogens with zero attached hydrogens (tertiary/aromatic N) is 4. The zero-order chi connectivity index (χ0) is 34.5. The number of aryl methyl sites for hydroxylation is 1. The van der Waals surface area contributed by atoms with E-state index >= 15 is 0 Å². The Morgan fingerprint density at radius 2 is 1.63 bits per heavy atom. The van der Waals surface area contributed by atoms with Crippen LogP contribution < -0.4 is 16.0 Å². The first-order valence-electron chi connectivity index (χ1n) is 16.1. The third kappa shape index (κ3) is 7.63. The number of esters is 1. The van der Waals surface area contributed by atoms with Crippen molar-refractivity contribution in [3.63, 3.8) is 0 Å². The third-order valence-electron chi connectivity index (χ3n) is 8.89. The average Bonchev–Trinajstić information content (AvgIpc) is 3.79. The number of nitrogens with one attached hydrogen (secondary N) is 3. The van der Waals surface area contributed by atoms with E-state index in [9.17, 15) is 14.4 Å². The van der Waals surface area contributed by atoms with Crippen LogP contribution in [0.25, 0.3) is 11.1 Å². The molecular formula is C35H37Cl2N7O5. The summed E-state index contributed by atoms with van der Waals surface area (Å²) in [5.41, 5.74) is 4.21. The number of fused-ring (bicyclic) bond motifs is 1. The molecule has 2 aromatic heterocycles.